The molecule has 0 aromatic heterocycles. The van der Waals surface area contributed by atoms with Gasteiger partial charge < -0.3 is 0 Å². The zero-order valence-corrected chi connectivity index (χ0v) is 9.98. The molecule has 13 heavy (non-hydrogen) atoms. The van der Waals surface area contributed by atoms with Gasteiger partial charge in [0, 0.05) is 5.71 Å². The van der Waals surface area contributed by atoms with Crippen LogP contribution in [0.5, 0.6) is 0 Å². The summed E-state index contributed by atoms with van der Waals surface area (Å²) in [5, 5.41) is 0. The molecule has 0 aromatic carbocycles. The van der Waals surface area contributed by atoms with Crippen LogP contribution in [0.25, 0.3) is 0 Å². The molecule has 0 rings (SSSR count). The Hall–Kier alpha value is -0.330. The predicted octanol–water partition coefficient (Wildman–Crippen LogP) is 4.22. The fourth-order valence-electron chi connectivity index (χ4n) is 1.37. The summed E-state index contributed by atoms with van der Waals surface area (Å²) in [7, 11) is 0. The van der Waals surface area contributed by atoms with Crippen LogP contribution in [0, 0.1) is 0 Å². The molecule has 0 bridgehead atoms. The third kappa shape index (κ3) is 8.01. The van der Waals surface area contributed by atoms with Gasteiger partial charge in [0.2, 0.25) is 0 Å². The van der Waals surface area contributed by atoms with Crippen LogP contribution < -0.4 is 0 Å². The van der Waals surface area contributed by atoms with Crippen LogP contribution in [0.15, 0.2) is 4.99 Å². The van der Waals surface area contributed by atoms with Gasteiger partial charge >= 0.3 is 0 Å². The van der Waals surface area contributed by atoms with Crippen molar-refractivity contribution in [3.63, 3.8) is 0 Å². The zero-order valence-electron chi connectivity index (χ0n) is 9.98. The standard InChI is InChI=1S/C12H25N/c1-6-8-9-10-11(7-2)13-12(3,4)5/h6-10H2,1-5H3. The molecule has 0 amide bonds. The Morgan fingerprint density at radius 2 is 1.69 bits per heavy atom. The molecular formula is C12H25N. The van der Waals surface area contributed by atoms with Crippen LogP contribution in [-0.4, -0.2) is 11.3 Å². The van der Waals surface area contributed by atoms with Crippen molar-refractivity contribution in [1.29, 1.82) is 0 Å². The van der Waals surface area contributed by atoms with E-state index in [2.05, 4.69) is 34.6 Å². The van der Waals surface area contributed by atoms with E-state index in [4.69, 9.17) is 4.99 Å². The third-order valence-corrected chi connectivity index (χ3v) is 1.97. The molecule has 0 saturated carbocycles. The predicted molar refractivity (Wildman–Crippen MR) is 61.6 cm³/mol. The maximum atomic E-state index is 4.72. The number of nitrogens with zero attached hydrogens (tertiary/aromatic N) is 1. The Morgan fingerprint density at radius 1 is 1.08 bits per heavy atom. The Bertz CT molecular complexity index is 151. The SMILES string of the molecule is CCCCCC(CC)=NC(C)(C)C. The highest BCUT2D eigenvalue weighted by Gasteiger charge is 2.08. The average Bonchev–Trinajstić information content (AvgIpc) is 2.01. The van der Waals surface area contributed by atoms with Crippen molar-refractivity contribution in [2.45, 2.75) is 72.3 Å². The number of rotatable bonds is 5. The Balaban J connectivity index is 3.95. The molecule has 0 fully saturated rings. The maximum absolute atomic E-state index is 4.72. The van der Waals surface area contributed by atoms with E-state index in [-0.39, 0.29) is 5.54 Å². The van der Waals surface area contributed by atoms with Gasteiger partial charge in [-0.05, 0) is 40.0 Å². The summed E-state index contributed by atoms with van der Waals surface area (Å²) in [5.41, 5.74) is 1.50. The lowest BCUT2D eigenvalue weighted by Crippen LogP contribution is -2.13. The number of aliphatic imine (C=N–C) groups is 1. The van der Waals surface area contributed by atoms with Gasteiger partial charge in [0.05, 0.1) is 5.54 Å². The quantitative estimate of drug-likeness (QED) is 0.447. The molecule has 0 spiro atoms. The summed E-state index contributed by atoms with van der Waals surface area (Å²) in [5.74, 6) is 0. The van der Waals surface area contributed by atoms with Crippen molar-refractivity contribution in [2.24, 2.45) is 4.99 Å². The smallest absolute Gasteiger partial charge is 0.0523 e. The summed E-state index contributed by atoms with van der Waals surface area (Å²) < 4.78 is 0. The minimum Gasteiger partial charge on any atom is -0.288 e. The molecule has 0 aromatic rings. The molecule has 1 heteroatoms. The lowest BCUT2D eigenvalue weighted by molar-refractivity contribution is 0.577. The Morgan fingerprint density at radius 3 is 2.08 bits per heavy atom. The van der Waals surface area contributed by atoms with Crippen molar-refractivity contribution in [3.05, 3.63) is 0 Å². The van der Waals surface area contributed by atoms with Gasteiger partial charge in [-0.3, -0.25) is 4.99 Å². The van der Waals surface area contributed by atoms with Crippen molar-refractivity contribution in [2.75, 3.05) is 0 Å². The topological polar surface area (TPSA) is 12.4 Å². The van der Waals surface area contributed by atoms with E-state index in [1.54, 1.807) is 0 Å². The molecule has 0 heterocycles. The fourth-order valence-corrected chi connectivity index (χ4v) is 1.37. The minimum atomic E-state index is 0.109. The number of unbranched alkanes of at least 4 members (excludes halogenated alkanes) is 2. The van der Waals surface area contributed by atoms with Crippen molar-refractivity contribution >= 4 is 5.71 Å². The lowest BCUT2D eigenvalue weighted by atomic mass is 10.1. The average molecular weight is 183 g/mol. The molecule has 0 unspecified atom stereocenters. The Kier molecular flexibility index (Phi) is 6.02. The number of hydrogen-bond donors (Lipinski definition) is 0. The third-order valence-electron chi connectivity index (χ3n) is 1.97. The van der Waals surface area contributed by atoms with E-state index in [0.717, 1.165) is 6.42 Å². The highest BCUT2D eigenvalue weighted by molar-refractivity contribution is 5.84. The maximum Gasteiger partial charge on any atom is 0.0523 e. The fraction of sp³-hybridized carbons (Fsp3) is 0.917. The van der Waals surface area contributed by atoms with Crippen LogP contribution in [0.1, 0.15) is 66.7 Å². The minimum absolute atomic E-state index is 0.109. The van der Waals surface area contributed by atoms with E-state index in [9.17, 15) is 0 Å². The lowest BCUT2D eigenvalue weighted by Gasteiger charge is -2.15. The van der Waals surface area contributed by atoms with Crippen LogP contribution in [0.2, 0.25) is 0 Å². The molecule has 0 aliphatic heterocycles. The molecule has 1 nitrogen and oxygen atoms in total. The zero-order chi connectivity index (χ0) is 10.3. The van der Waals surface area contributed by atoms with Gasteiger partial charge in [0.15, 0.2) is 0 Å². The second-order valence-corrected chi connectivity index (χ2v) is 4.66. The second kappa shape index (κ2) is 6.17. The van der Waals surface area contributed by atoms with Crippen LogP contribution >= 0.6 is 0 Å². The molecule has 0 atom stereocenters. The molecule has 0 N–H and O–H groups in total. The van der Waals surface area contributed by atoms with Crippen LogP contribution in [0.3, 0.4) is 0 Å². The van der Waals surface area contributed by atoms with E-state index < -0.39 is 0 Å². The first kappa shape index (κ1) is 12.7. The molecule has 78 valence electrons. The molecule has 0 radical (unpaired) electrons. The monoisotopic (exact) mass is 183 g/mol. The van der Waals surface area contributed by atoms with Crippen molar-refractivity contribution in [3.8, 4) is 0 Å². The van der Waals surface area contributed by atoms with Gasteiger partial charge in [-0.1, -0.05) is 26.7 Å². The van der Waals surface area contributed by atoms with E-state index in [1.165, 1.54) is 31.4 Å². The van der Waals surface area contributed by atoms with Crippen LogP contribution in [0.4, 0.5) is 0 Å². The largest absolute Gasteiger partial charge is 0.288 e. The molecular weight excluding hydrogens is 158 g/mol. The highest BCUT2D eigenvalue weighted by atomic mass is 14.8. The number of hydrogen-bond acceptors (Lipinski definition) is 1. The first-order valence-electron chi connectivity index (χ1n) is 5.57. The van der Waals surface area contributed by atoms with E-state index in [1.807, 2.05) is 0 Å². The molecule has 0 saturated heterocycles. The van der Waals surface area contributed by atoms with Gasteiger partial charge in [0.25, 0.3) is 0 Å². The van der Waals surface area contributed by atoms with Gasteiger partial charge in [-0.15, -0.1) is 0 Å². The Labute approximate surface area is 83.6 Å². The first-order valence-corrected chi connectivity index (χ1v) is 5.57. The molecule has 0 aliphatic carbocycles. The summed E-state index contributed by atoms with van der Waals surface area (Å²) >= 11 is 0. The highest BCUT2D eigenvalue weighted by Crippen LogP contribution is 2.11. The summed E-state index contributed by atoms with van der Waals surface area (Å²) in [6.07, 6.45) is 6.25. The van der Waals surface area contributed by atoms with Crippen molar-refractivity contribution in [1.82, 2.24) is 0 Å². The molecule has 0 aliphatic rings. The summed E-state index contributed by atoms with van der Waals surface area (Å²) in [6, 6.07) is 0. The van der Waals surface area contributed by atoms with E-state index >= 15 is 0 Å². The van der Waals surface area contributed by atoms with Crippen molar-refractivity contribution < 1.29 is 0 Å². The van der Waals surface area contributed by atoms with Crippen LogP contribution in [-0.2, 0) is 0 Å². The normalized spacial score (nSPS) is 13.5. The van der Waals surface area contributed by atoms with E-state index in [0.29, 0.717) is 0 Å². The van der Waals surface area contributed by atoms with Gasteiger partial charge in [-0.25, -0.2) is 0 Å². The van der Waals surface area contributed by atoms with Gasteiger partial charge in [-0.2, -0.15) is 0 Å². The summed E-state index contributed by atoms with van der Waals surface area (Å²) in [4.78, 5) is 4.72. The summed E-state index contributed by atoms with van der Waals surface area (Å²) in [6.45, 7) is 11.0. The van der Waals surface area contributed by atoms with Gasteiger partial charge in [0.1, 0.15) is 0 Å². The second-order valence-electron chi connectivity index (χ2n) is 4.66. The first-order chi connectivity index (χ1) is 5.99.